The molecule has 10 aromatic rings. The highest BCUT2D eigenvalue weighted by atomic mass is 15.4. The van der Waals surface area contributed by atoms with Crippen molar-refractivity contribution in [3.63, 3.8) is 0 Å². The first kappa shape index (κ1) is 43.7. The van der Waals surface area contributed by atoms with Crippen molar-refractivity contribution in [1.29, 1.82) is 0 Å². The van der Waals surface area contributed by atoms with Gasteiger partial charge in [0.2, 0.25) is 0 Å². The van der Waals surface area contributed by atoms with Gasteiger partial charge in [0.15, 0.2) is 0 Å². The summed E-state index contributed by atoms with van der Waals surface area (Å²) in [5.41, 5.74) is 14.4. The van der Waals surface area contributed by atoms with Crippen LogP contribution in [-0.4, -0.2) is 38.4 Å². The van der Waals surface area contributed by atoms with E-state index in [2.05, 4.69) is 261 Å². The van der Waals surface area contributed by atoms with Gasteiger partial charge in [-0.05, 0) is 123 Å². The summed E-state index contributed by atoms with van der Waals surface area (Å²) >= 11 is 0. The summed E-state index contributed by atoms with van der Waals surface area (Å²) in [5, 5.41) is 5.06. The molecule has 3 atom stereocenters. The molecule has 0 fully saturated rings. The number of nitrogens with one attached hydrogen (secondary N) is 1. The van der Waals surface area contributed by atoms with Gasteiger partial charge in [-0.25, -0.2) is 0 Å². The maximum absolute atomic E-state index is 4.85. The van der Waals surface area contributed by atoms with Crippen LogP contribution in [0.1, 0.15) is 61.4 Å². The zero-order valence-corrected chi connectivity index (χ0v) is 38.5. The van der Waals surface area contributed by atoms with Crippen LogP contribution in [0.2, 0.25) is 0 Å². The molecule has 1 N–H and O–H groups in total. The van der Waals surface area contributed by atoms with Gasteiger partial charge in [0, 0.05) is 50.5 Å². The Balaban J connectivity index is 0.000000182. The lowest BCUT2D eigenvalue weighted by Crippen LogP contribution is -2.40. The number of para-hydroxylation sites is 3. The lowest BCUT2D eigenvalue weighted by atomic mass is 10.0. The Morgan fingerprint density at radius 3 is 1.91 bits per heavy atom. The van der Waals surface area contributed by atoms with E-state index in [0.29, 0.717) is 0 Å². The van der Waals surface area contributed by atoms with E-state index in [1.807, 2.05) is 18.3 Å². The molecule has 3 aromatic heterocycles. The van der Waals surface area contributed by atoms with Crippen LogP contribution in [0.5, 0.6) is 0 Å². The second kappa shape index (κ2) is 19.7. The van der Waals surface area contributed by atoms with Crippen molar-refractivity contribution in [3.05, 3.63) is 248 Å². The molecule has 3 unspecified atom stereocenters. The number of benzene rings is 7. The number of pyridine rings is 1. The Hall–Kier alpha value is -7.57. The first-order valence-corrected chi connectivity index (χ1v) is 22.9. The van der Waals surface area contributed by atoms with Crippen molar-refractivity contribution in [3.8, 4) is 16.8 Å². The number of hydrogen-bond acceptors (Lipinski definition) is 3. The van der Waals surface area contributed by atoms with Crippen molar-refractivity contribution >= 4 is 49.2 Å². The molecule has 5 nitrogen and oxygen atoms in total. The highest BCUT2D eigenvalue weighted by Crippen LogP contribution is 2.38. The Morgan fingerprint density at radius 2 is 1.18 bits per heavy atom. The minimum absolute atomic E-state index is 0.0690. The van der Waals surface area contributed by atoms with Gasteiger partial charge in [0.1, 0.15) is 0 Å². The number of hydrogen-bond donors (Lipinski definition) is 1. The summed E-state index contributed by atoms with van der Waals surface area (Å²) in [4.78, 5) is 13.3. The Kier molecular flexibility index (Phi) is 13.0. The van der Waals surface area contributed by atoms with E-state index in [0.717, 1.165) is 11.2 Å². The lowest BCUT2D eigenvalue weighted by Gasteiger charge is -2.42. The van der Waals surface area contributed by atoms with E-state index in [4.69, 9.17) is 4.98 Å². The van der Waals surface area contributed by atoms with E-state index in [1.165, 1.54) is 77.2 Å². The molecule has 0 spiro atoms. The molecule has 10 rings (SSSR count). The third-order valence-electron chi connectivity index (χ3n) is 13.2. The molecule has 0 saturated heterocycles. The lowest BCUT2D eigenvalue weighted by molar-refractivity contribution is 0.0265. The SMILES string of the molecule is C=C/C=C\C(=C/C)c1ccc2c(c1)c1ccccc1n2-c1ccccc1.CC(c1ccccc1)N(C)C(c1ccccc1)N(C)C(C)c1cc(-c2ccc3c(c2)[nH]c2ccccc23)ccn1. The molecule has 5 heteroatoms. The number of H-pyrrole nitrogens is 1. The van der Waals surface area contributed by atoms with Crippen LogP contribution < -0.4 is 0 Å². The van der Waals surface area contributed by atoms with Crippen LogP contribution in [0.15, 0.2) is 225 Å². The van der Waals surface area contributed by atoms with E-state index in [1.54, 1.807) is 0 Å². The zero-order valence-electron chi connectivity index (χ0n) is 38.5. The van der Waals surface area contributed by atoms with Crippen molar-refractivity contribution in [1.82, 2.24) is 24.3 Å². The largest absolute Gasteiger partial charge is 0.354 e. The standard InChI is InChI=1S/C36H36N4.C25H21N/c1-25(27-13-7-5-8-14-27)39(3)36(28-15-9-6-10-16-28)40(4)26(2)34-23-30(21-22-37-34)29-19-20-32-31-17-11-12-18-33(31)38-35(32)24-29;1-3-5-11-19(4-2)20-16-17-25-23(18-20)22-14-9-10-15-24(22)26(25)21-12-7-6-8-13-21/h5-26,36,38H,1-4H3;3-18H,1H2,2H3/b;11-5-,19-4+. The van der Waals surface area contributed by atoms with Gasteiger partial charge in [-0.3, -0.25) is 14.8 Å². The van der Waals surface area contributed by atoms with Gasteiger partial charge >= 0.3 is 0 Å². The summed E-state index contributed by atoms with van der Waals surface area (Å²) in [5.74, 6) is 0. The second-order valence-corrected chi connectivity index (χ2v) is 17.0. The molecule has 326 valence electrons. The van der Waals surface area contributed by atoms with Crippen LogP contribution >= 0.6 is 0 Å². The van der Waals surface area contributed by atoms with Gasteiger partial charge in [0.05, 0.1) is 28.9 Å². The van der Waals surface area contributed by atoms with Crippen LogP contribution in [0, 0.1) is 0 Å². The van der Waals surface area contributed by atoms with Gasteiger partial charge < -0.3 is 9.55 Å². The molecule has 0 saturated carbocycles. The summed E-state index contributed by atoms with van der Waals surface area (Å²) in [7, 11) is 4.43. The van der Waals surface area contributed by atoms with E-state index < -0.39 is 0 Å². The van der Waals surface area contributed by atoms with Crippen molar-refractivity contribution < 1.29 is 0 Å². The molecule has 3 heterocycles. The molecule has 0 bridgehead atoms. The normalized spacial score (nSPS) is 13.4. The fourth-order valence-corrected chi connectivity index (χ4v) is 9.41. The number of rotatable bonds is 12. The Labute approximate surface area is 389 Å². The monoisotopic (exact) mass is 859 g/mol. The van der Waals surface area contributed by atoms with Crippen LogP contribution in [0.25, 0.3) is 66.0 Å². The van der Waals surface area contributed by atoms with Crippen molar-refractivity contribution in [2.75, 3.05) is 14.1 Å². The van der Waals surface area contributed by atoms with Crippen molar-refractivity contribution in [2.24, 2.45) is 0 Å². The molecule has 7 aromatic carbocycles. The van der Waals surface area contributed by atoms with Crippen LogP contribution in [-0.2, 0) is 0 Å². The number of aromatic amines is 1. The Morgan fingerprint density at radius 1 is 0.576 bits per heavy atom. The van der Waals surface area contributed by atoms with Gasteiger partial charge in [0.25, 0.3) is 0 Å². The summed E-state index contributed by atoms with van der Waals surface area (Å²) in [6.45, 7) is 10.4. The number of fused-ring (bicyclic) bond motifs is 6. The molecule has 66 heavy (non-hydrogen) atoms. The average molecular weight is 860 g/mol. The van der Waals surface area contributed by atoms with Crippen molar-refractivity contribution in [2.45, 2.75) is 39.0 Å². The van der Waals surface area contributed by atoms with Crippen LogP contribution in [0.4, 0.5) is 0 Å². The zero-order chi connectivity index (χ0) is 45.6. The highest BCUT2D eigenvalue weighted by molar-refractivity contribution is 6.10. The number of nitrogens with zero attached hydrogens (tertiary/aromatic N) is 4. The molecular formula is C61H57N5. The van der Waals surface area contributed by atoms with Gasteiger partial charge in [-0.15, -0.1) is 0 Å². The minimum Gasteiger partial charge on any atom is -0.354 e. The van der Waals surface area contributed by atoms with E-state index in [-0.39, 0.29) is 18.2 Å². The smallest absolute Gasteiger partial charge is 0.0891 e. The average Bonchev–Trinajstić information content (AvgIpc) is 3.92. The quantitative estimate of drug-likeness (QED) is 0.0983. The third kappa shape index (κ3) is 8.79. The third-order valence-corrected chi connectivity index (χ3v) is 13.2. The maximum atomic E-state index is 4.85. The molecular weight excluding hydrogens is 803 g/mol. The molecule has 0 aliphatic heterocycles. The predicted molar refractivity (Wildman–Crippen MR) is 281 cm³/mol. The second-order valence-electron chi connectivity index (χ2n) is 17.0. The predicted octanol–water partition coefficient (Wildman–Crippen LogP) is 15.7. The van der Waals surface area contributed by atoms with Crippen LogP contribution in [0.3, 0.4) is 0 Å². The highest BCUT2D eigenvalue weighted by Gasteiger charge is 2.30. The van der Waals surface area contributed by atoms with E-state index in [9.17, 15) is 0 Å². The molecule has 0 amide bonds. The van der Waals surface area contributed by atoms with Gasteiger partial charge in [-0.2, -0.15) is 0 Å². The van der Waals surface area contributed by atoms with Gasteiger partial charge in [-0.1, -0.05) is 164 Å². The molecule has 0 radical (unpaired) electrons. The maximum Gasteiger partial charge on any atom is 0.0891 e. The summed E-state index contributed by atoms with van der Waals surface area (Å²) < 4.78 is 2.34. The fourth-order valence-electron chi connectivity index (χ4n) is 9.41. The Bertz CT molecular complexity index is 3300. The molecule has 0 aliphatic rings. The van der Waals surface area contributed by atoms with E-state index >= 15 is 0 Å². The fraction of sp³-hybridized carbons (Fsp3) is 0.131. The topological polar surface area (TPSA) is 40.1 Å². The first-order valence-electron chi connectivity index (χ1n) is 22.9. The summed E-state index contributed by atoms with van der Waals surface area (Å²) in [6, 6.07) is 67.2. The minimum atomic E-state index is 0.0690. The summed E-state index contributed by atoms with van der Waals surface area (Å²) in [6.07, 6.45) is 10.0. The first-order chi connectivity index (χ1) is 32.3. The number of aromatic nitrogens is 3. The molecule has 0 aliphatic carbocycles. The number of allylic oxidation sites excluding steroid dienone is 5.